The van der Waals surface area contributed by atoms with Crippen molar-refractivity contribution in [1.29, 1.82) is 0 Å². The summed E-state index contributed by atoms with van der Waals surface area (Å²) in [7, 11) is 3.20. The maximum absolute atomic E-state index is 2.37. The molecule has 0 bridgehead atoms. The zero-order valence-corrected chi connectivity index (χ0v) is 6.02. The van der Waals surface area contributed by atoms with E-state index in [-0.39, 0.29) is 0 Å². The predicted octanol–water partition coefficient (Wildman–Crippen LogP) is 1.02. The lowest BCUT2D eigenvalue weighted by Crippen LogP contribution is -2.14. The summed E-state index contributed by atoms with van der Waals surface area (Å²) in [4.78, 5) is 0. The molecule has 2 heteroatoms. The summed E-state index contributed by atoms with van der Waals surface area (Å²) in [5.74, 6) is 0. The molecule has 1 spiro atoms. The van der Waals surface area contributed by atoms with Gasteiger partial charge in [0.2, 0.25) is 0 Å². The van der Waals surface area contributed by atoms with Gasteiger partial charge in [0.05, 0.1) is 0 Å². The third-order valence-corrected chi connectivity index (χ3v) is 3.42. The van der Waals surface area contributed by atoms with Crippen molar-refractivity contribution in [1.82, 2.24) is 4.57 Å². The zero-order valence-electron chi connectivity index (χ0n) is 5.02. The van der Waals surface area contributed by atoms with Crippen LogP contribution in [0.25, 0.3) is 0 Å². The number of allylic oxidation sites excluding steroid dienone is 1. The van der Waals surface area contributed by atoms with Crippen LogP contribution >= 0.6 is 0 Å². The van der Waals surface area contributed by atoms with Crippen LogP contribution in [-0.2, 0) is 0 Å². The minimum Gasteiger partial charge on any atom is -0.406 e. The number of rotatable bonds is 0. The molecular weight excluding hydrogens is 114 g/mol. The molecule has 2 rings (SSSR count). The maximum atomic E-state index is 2.37. The predicted molar refractivity (Wildman–Crippen MR) is 34.6 cm³/mol. The van der Waals surface area contributed by atoms with Gasteiger partial charge in [-0.05, 0) is 26.1 Å². The SMILES string of the molecule is CN1C=CC2(CC2)[Si]1. The van der Waals surface area contributed by atoms with Crippen LogP contribution in [0.1, 0.15) is 12.8 Å². The van der Waals surface area contributed by atoms with E-state index < -0.39 is 0 Å². The van der Waals surface area contributed by atoms with E-state index in [0.717, 1.165) is 9.68 Å². The fraction of sp³-hybridized carbons (Fsp3) is 0.667. The van der Waals surface area contributed by atoms with Crippen molar-refractivity contribution in [3.05, 3.63) is 12.3 Å². The topological polar surface area (TPSA) is 3.24 Å². The summed E-state index contributed by atoms with van der Waals surface area (Å²) in [5.41, 5.74) is 0. The van der Waals surface area contributed by atoms with Crippen LogP contribution in [0.5, 0.6) is 0 Å². The van der Waals surface area contributed by atoms with Gasteiger partial charge in [-0.1, -0.05) is 6.08 Å². The molecular formula is C6H9NSi. The van der Waals surface area contributed by atoms with E-state index in [2.05, 4.69) is 23.9 Å². The van der Waals surface area contributed by atoms with Gasteiger partial charge in [-0.25, -0.2) is 0 Å². The average molecular weight is 123 g/mol. The van der Waals surface area contributed by atoms with E-state index in [0.29, 0.717) is 5.04 Å². The zero-order chi connectivity index (χ0) is 5.61. The molecule has 2 radical (unpaired) electrons. The van der Waals surface area contributed by atoms with E-state index in [1.165, 1.54) is 12.8 Å². The highest BCUT2D eigenvalue weighted by Crippen LogP contribution is 2.56. The molecule has 1 nitrogen and oxygen atoms in total. The van der Waals surface area contributed by atoms with Gasteiger partial charge in [0.1, 0.15) is 0 Å². The lowest BCUT2D eigenvalue weighted by Gasteiger charge is -2.06. The van der Waals surface area contributed by atoms with Gasteiger partial charge in [-0.3, -0.25) is 0 Å². The van der Waals surface area contributed by atoms with Gasteiger partial charge < -0.3 is 4.57 Å². The van der Waals surface area contributed by atoms with Gasteiger partial charge in [0.15, 0.2) is 9.68 Å². The monoisotopic (exact) mass is 123 g/mol. The molecule has 0 aromatic carbocycles. The highest BCUT2D eigenvalue weighted by molar-refractivity contribution is 6.41. The Kier molecular flexibility index (Phi) is 0.683. The van der Waals surface area contributed by atoms with E-state index in [4.69, 9.17) is 0 Å². The molecule has 42 valence electrons. The first-order valence-electron chi connectivity index (χ1n) is 3.01. The average Bonchev–Trinajstić information content (AvgIpc) is 2.34. The van der Waals surface area contributed by atoms with Crippen LogP contribution < -0.4 is 0 Å². The van der Waals surface area contributed by atoms with Crippen LogP contribution in [0.2, 0.25) is 5.04 Å². The Balaban J connectivity index is 2.15. The third kappa shape index (κ3) is 0.525. The minimum atomic E-state index is 0.689. The maximum Gasteiger partial charge on any atom is 0.191 e. The molecule has 2 aliphatic rings. The number of hydrogen-bond donors (Lipinski definition) is 0. The molecule has 0 aromatic heterocycles. The normalized spacial score (nSPS) is 29.9. The molecule has 0 N–H and O–H groups in total. The van der Waals surface area contributed by atoms with Crippen LogP contribution in [0.4, 0.5) is 0 Å². The van der Waals surface area contributed by atoms with Crippen molar-refractivity contribution in [3.63, 3.8) is 0 Å². The Morgan fingerprint density at radius 1 is 1.62 bits per heavy atom. The first kappa shape index (κ1) is 4.62. The molecule has 0 atom stereocenters. The molecule has 1 fully saturated rings. The van der Waals surface area contributed by atoms with Crippen molar-refractivity contribution in [2.24, 2.45) is 0 Å². The summed E-state index contributed by atoms with van der Waals surface area (Å²) in [6.07, 6.45) is 7.45. The van der Waals surface area contributed by atoms with E-state index >= 15 is 0 Å². The second-order valence-corrected chi connectivity index (χ2v) is 4.62. The molecule has 1 saturated carbocycles. The van der Waals surface area contributed by atoms with Crippen LogP contribution in [0.3, 0.4) is 0 Å². The van der Waals surface area contributed by atoms with Crippen LogP contribution in [-0.4, -0.2) is 21.3 Å². The molecule has 8 heavy (non-hydrogen) atoms. The molecule has 1 heterocycles. The molecule has 0 aromatic rings. The summed E-state index contributed by atoms with van der Waals surface area (Å²) < 4.78 is 2.30. The smallest absolute Gasteiger partial charge is 0.191 e. The Morgan fingerprint density at radius 3 is 2.62 bits per heavy atom. The second kappa shape index (κ2) is 1.18. The second-order valence-electron chi connectivity index (χ2n) is 2.69. The van der Waals surface area contributed by atoms with Crippen molar-refractivity contribution >= 4 is 9.68 Å². The largest absolute Gasteiger partial charge is 0.406 e. The third-order valence-electron chi connectivity index (χ3n) is 1.80. The highest BCUT2D eigenvalue weighted by atomic mass is 28.2. The van der Waals surface area contributed by atoms with Gasteiger partial charge >= 0.3 is 0 Å². The first-order chi connectivity index (χ1) is 3.81. The highest BCUT2D eigenvalue weighted by Gasteiger charge is 2.44. The van der Waals surface area contributed by atoms with E-state index in [1.807, 2.05) is 0 Å². The quantitative estimate of drug-likeness (QED) is 0.435. The lowest BCUT2D eigenvalue weighted by atomic mass is 10.4. The van der Waals surface area contributed by atoms with Gasteiger partial charge in [0, 0.05) is 5.04 Å². The Labute approximate surface area is 52.3 Å². The Morgan fingerprint density at radius 2 is 2.38 bits per heavy atom. The fourth-order valence-corrected chi connectivity index (χ4v) is 2.44. The summed E-state index contributed by atoms with van der Waals surface area (Å²) in [6.45, 7) is 0. The van der Waals surface area contributed by atoms with Crippen molar-refractivity contribution < 1.29 is 0 Å². The number of hydrogen-bond acceptors (Lipinski definition) is 1. The summed E-state index contributed by atoms with van der Waals surface area (Å²) >= 11 is 0. The Bertz CT molecular complexity index is 137. The first-order valence-corrected chi connectivity index (χ1v) is 3.96. The van der Waals surface area contributed by atoms with Gasteiger partial charge in [-0.15, -0.1) is 0 Å². The lowest BCUT2D eigenvalue weighted by molar-refractivity contribution is 0.741. The fourth-order valence-electron chi connectivity index (χ4n) is 1.09. The van der Waals surface area contributed by atoms with Gasteiger partial charge in [0.25, 0.3) is 0 Å². The van der Waals surface area contributed by atoms with Gasteiger partial charge in [-0.2, -0.15) is 0 Å². The Hall–Kier alpha value is -0.243. The van der Waals surface area contributed by atoms with Crippen molar-refractivity contribution in [3.8, 4) is 0 Å². The summed E-state index contributed by atoms with van der Waals surface area (Å²) in [6, 6.07) is 0. The summed E-state index contributed by atoms with van der Waals surface area (Å²) in [5, 5.41) is 0.689. The molecule has 0 amide bonds. The molecule has 0 saturated heterocycles. The molecule has 1 aliphatic heterocycles. The van der Waals surface area contributed by atoms with E-state index in [9.17, 15) is 0 Å². The standard InChI is InChI=1S/C6H9NSi/c1-7-5-4-6(8-7)2-3-6/h4-5H,2-3H2,1H3. The van der Waals surface area contributed by atoms with Crippen LogP contribution in [0.15, 0.2) is 12.3 Å². The van der Waals surface area contributed by atoms with Crippen molar-refractivity contribution in [2.75, 3.05) is 7.05 Å². The molecule has 0 unspecified atom stereocenters. The number of nitrogens with zero attached hydrogens (tertiary/aromatic N) is 1. The van der Waals surface area contributed by atoms with Crippen LogP contribution in [0, 0.1) is 0 Å². The minimum absolute atomic E-state index is 0.689. The van der Waals surface area contributed by atoms with Crippen molar-refractivity contribution in [2.45, 2.75) is 17.9 Å². The van der Waals surface area contributed by atoms with E-state index in [1.54, 1.807) is 0 Å². The molecule has 1 aliphatic carbocycles.